The van der Waals surface area contributed by atoms with Crippen LogP contribution >= 0.6 is 0 Å². The topological polar surface area (TPSA) is 0 Å². The molecule has 0 nitrogen and oxygen atoms in total. The zero-order chi connectivity index (χ0) is 4.28. The molecule has 0 heterocycles. The van der Waals surface area contributed by atoms with Gasteiger partial charge in [0.2, 0.25) is 0 Å². The fourth-order valence-electron chi connectivity index (χ4n) is 0. The summed E-state index contributed by atoms with van der Waals surface area (Å²) in [5.41, 5.74) is 0. The Labute approximate surface area is 75.8 Å². The second-order valence-corrected chi connectivity index (χ2v) is 0.399. The zero-order valence-electron chi connectivity index (χ0n) is 2.21. The van der Waals surface area contributed by atoms with Gasteiger partial charge in [-0.1, -0.05) is 0 Å². The van der Waals surface area contributed by atoms with E-state index in [9.17, 15) is 13.2 Å². The van der Waals surface area contributed by atoms with E-state index < -0.39 is 12.4 Å². The summed E-state index contributed by atoms with van der Waals surface area (Å²) in [7, 11) is 0. The average Bonchev–Trinajstić information content (AvgIpc) is 1.38. The van der Waals surface area contributed by atoms with Crippen molar-refractivity contribution in [1.29, 1.82) is 0 Å². The van der Waals surface area contributed by atoms with Gasteiger partial charge in [0.25, 0.3) is 6.08 Å². The van der Waals surface area contributed by atoms with Crippen LogP contribution in [0.2, 0.25) is 0 Å². The van der Waals surface area contributed by atoms with E-state index in [1.54, 1.807) is 0 Å². The van der Waals surface area contributed by atoms with E-state index in [2.05, 4.69) is 0 Å². The van der Waals surface area contributed by atoms with E-state index in [1.807, 2.05) is 0 Å². The molecule has 0 bridgehead atoms. The van der Waals surface area contributed by atoms with Crippen molar-refractivity contribution in [2.45, 2.75) is 0 Å². The molecule has 0 N–H and O–H groups in total. The fraction of sp³-hybridized carbons (Fsp3) is 0. The molecule has 6 heavy (non-hydrogen) atoms. The molecule has 0 aromatic heterocycles. The van der Waals surface area contributed by atoms with Crippen LogP contribution < -0.4 is 0 Å². The van der Waals surface area contributed by atoms with Crippen molar-refractivity contribution in [3.63, 3.8) is 0 Å². The maximum atomic E-state index is 10.2. The van der Waals surface area contributed by atoms with Crippen molar-refractivity contribution in [2.75, 3.05) is 0 Å². The monoisotopic (exact) mass is 122 g/mol. The third kappa shape index (κ3) is 8.94. The summed E-state index contributed by atoms with van der Waals surface area (Å²) in [5, 5.41) is 0. The molecule has 0 saturated carbocycles. The van der Waals surface area contributed by atoms with E-state index in [0.29, 0.717) is 0 Å². The normalized spacial score (nSPS) is 5.83. The Morgan fingerprint density at radius 1 is 1.33 bits per heavy atom. The summed E-state index contributed by atoms with van der Waals surface area (Å²) >= 11 is 0. The van der Waals surface area contributed by atoms with Crippen molar-refractivity contribution in [3.8, 4) is 0 Å². The summed E-state index contributed by atoms with van der Waals surface area (Å²) < 4.78 is 30.7. The molecule has 0 fully saturated rings. The van der Waals surface area contributed by atoms with Crippen LogP contribution in [-0.2, 0) is 0 Å². The van der Waals surface area contributed by atoms with Crippen LogP contribution in [0.5, 0.6) is 0 Å². The molecule has 32 valence electrons. The quantitative estimate of drug-likeness (QED) is 0.421. The van der Waals surface area contributed by atoms with Crippen LogP contribution in [0.3, 0.4) is 0 Å². The third-order valence-corrected chi connectivity index (χ3v) is 0.0825. The van der Waals surface area contributed by atoms with Crippen LogP contribution in [0.1, 0.15) is 0 Å². The van der Waals surface area contributed by atoms with Crippen molar-refractivity contribution in [1.82, 2.24) is 0 Å². The van der Waals surface area contributed by atoms with Crippen LogP contribution in [0, 0.1) is 0 Å². The van der Waals surface area contributed by atoms with E-state index in [4.69, 9.17) is 0 Å². The Bertz CT molecular complexity index is 46.8. The number of hydrogen-bond acceptors (Lipinski definition) is 0. The molecule has 0 aromatic rings. The van der Waals surface area contributed by atoms with Gasteiger partial charge in [-0.2, -0.15) is 8.78 Å². The Kier molecular flexibility index (Phi) is 10.5. The van der Waals surface area contributed by atoms with Gasteiger partial charge in [0.05, 0.1) is 0 Å². The fourth-order valence-corrected chi connectivity index (χ4v) is 0. The van der Waals surface area contributed by atoms with Gasteiger partial charge in [-0.25, -0.2) is 4.39 Å². The predicted octanol–water partition coefficient (Wildman–Crippen LogP) is 1.05. The van der Waals surface area contributed by atoms with E-state index in [1.165, 1.54) is 0 Å². The second-order valence-electron chi connectivity index (χ2n) is 0.399. The van der Waals surface area contributed by atoms with Crippen LogP contribution in [-0.4, -0.2) is 51.4 Å². The molecular weight excluding hydrogens is 120 g/mol. The van der Waals surface area contributed by atoms with Crippen molar-refractivity contribution < 1.29 is 13.2 Å². The van der Waals surface area contributed by atoms with Gasteiger partial charge < -0.3 is 0 Å². The predicted molar refractivity (Wildman–Crippen MR) is 18.6 cm³/mol. The SMILES string of the molecule is FC=C(F)F.[KH]. The number of halogens is 3. The van der Waals surface area contributed by atoms with Crippen LogP contribution in [0.25, 0.3) is 0 Å². The molecular formula is C2H2F3K. The Morgan fingerprint density at radius 3 is 1.50 bits per heavy atom. The Morgan fingerprint density at radius 2 is 1.50 bits per heavy atom. The first kappa shape index (κ1) is 10.2. The van der Waals surface area contributed by atoms with Gasteiger partial charge in [0, 0.05) is 0 Å². The average molecular weight is 122 g/mol. The minimum atomic E-state index is -2.29. The number of hydrogen-bond donors (Lipinski definition) is 0. The second kappa shape index (κ2) is 6.17. The van der Waals surface area contributed by atoms with Gasteiger partial charge in [-0.05, 0) is 0 Å². The molecule has 0 atom stereocenters. The summed E-state index contributed by atoms with van der Waals surface area (Å²) in [4.78, 5) is 0. The molecule has 0 aliphatic heterocycles. The standard InChI is InChI=1S/C2HF3.K.H/c3-1-2(4)5;;/h1H;;. The van der Waals surface area contributed by atoms with Gasteiger partial charge in [-0.3, -0.25) is 0 Å². The molecule has 0 aliphatic carbocycles. The molecule has 0 spiro atoms. The molecule has 0 unspecified atom stereocenters. The molecule has 0 aliphatic rings. The van der Waals surface area contributed by atoms with Gasteiger partial charge in [0.1, 0.15) is 0 Å². The summed E-state index contributed by atoms with van der Waals surface area (Å²) in [6, 6.07) is 0. The molecule has 0 radical (unpaired) electrons. The maximum absolute atomic E-state index is 10.2. The molecule has 0 amide bonds. The summed E-state index contributed by atoms with van der Waals surface area (Å²) in [6.45, 7) is 0. The zero-order valence-corrected chi connectivity index (χ0v) is 2.21. The number of rotatable bonds is 0. The van der Waals surface area contributed by atoms with Gasteiger partial charge in [-0.15, -0.1) is 0 Å². The van der Waals surface area contributed by atoms with E-state index >= 15 is 0 Å². The van der Waals surface area contributed by atoms with Crippen LogP contribution in [0.15, 0.2) is 12.4 Å². The molecule has 0 rings (SSSR count). The molecule has 0 aromatic carbocycles. The van der Waals surface area contributed by atoms with E-state index in [0.717, 1.165) is 0 Å². The van der Waals surface area contributed by atoms with E-state index in [-0.39, 0.29) is 51.4 Å². The first-order valence-corrected chi connectivity index (χ1v) is 0.885. The molecule has 4 heteroatoms. The Balaban J connectivity index is 0. The first-order chi connectivity index (χ1) is 2.27. The van der Waals surface area contributed by atoms with Crippen molar-refractivity contribution >= 4 is 51.4 Å². The summed E-state index contributed by atoms with van der Waals surface area (Å²) in [5.74, 6) is 0. The first-order valence-electron chi connectivity index (χ1n) is 0.885. The third-order valence-electron chi connectivity index (χ3n) is 0.0825. The minimum absolute atomic E-state index is 0. The summed E-state index contributed by atoms with van der Waals surface area (Å²) in [6.07, 6.45) is -3.04. The molecule has 0 saturated heterocycles. The van der Waals surface area contributed by atoms with Crippen molar-refractivity contribution in [2.24, 2.45) is 0 Å². The van der Waals surface area contributed by atoms with Gasteiger partial charge in [0.15, 0.2) is 6.33 Å². The Hall–Kier alpha value is 1.17. The van der Waals surface area contributed by atoms with Gasteiger partial charge >= 0.3 is 51.4 Å². The van der Waals surface area contributed by atoms with Crippen molar-refractivity contribution in [3.05, 3.63) is 12.4 Å². The van der Waals surface area contributed by atoms with Crippen LogP contribution in [0.4, 0.5) is 13.2 Å².